The average Bonchev–Trinajstić information content (AvgIpc) is 2.17. The number of allylic oxidation sites excluding steroid dienone is 1. The molecule has 2 nitrogen and oxygen atoms in total. The molecule has 0 saturated carbocycles. The summed E-state index contributed by atoms with van der Waals surface area (Å²) in [6, 6.07) is 1.04. The molecule has 0 atom stereocenters. The van der Waals surface area contributed by atoms with Crippen molar-refractivity contribution < 1.29 is 26.3 Å². The Labute approximate surface area is 124 Å². The molecule has 0 radical (unpaired) electrons. The first-order valence-corrected chi connectivity index (χ1v) is 13.8. The van der Waals surface area contributed by atoms with Gasteiger partial charge in [-0.25, -0.2) is 0 Å². The topological polar surface area (TPSA) is 36.1 Å². The predicted molar refractivity (Wildman–Crippen MR) is 72.2 cm³/mol. The Balaban J connectivity index is 6.69. The van der Waals surface area contributed by atoms with E-state index in [1.807, 2.05) is 0 Å². The number of rotatable bonds is 3. The van der Waals surface area contributed by atoms with E-state index in [0.29, 0.717) is 0 Å². The van der Waals surface area contributed by atoms with E-state index in [2.05, 4.69) is 4.66 Å². The first-order valence-electron chi connectivity index (χ1n) is 5.67. The molecule has 0 aliphatic heterocycles. The molecule has 0 fully saturated rings. The van der Waals surface area contributed by atoms with Crippen LogP contribution in [-0.2, 0) is 0 Å². The van der Waals surface area contributed by atoms with E-state index in [9.17, 15) is 26.3 Å². The molecule has 0 rings (SSSR count). The van der Waals surface area contributed by atoms with Gasteiger partial charge in [-0.1, -0.05) is 0 Å². The number of alkyl halides is 6. The number of hydrogen-bond acceptors (Lipinski definition) is 2. The van der Waals surface area contributed by atoms with Crippen LogP contribution in [0.4, 0.5) is 26.3 Å². The molecule has 0 unspecified atom stereocenters. The average molecular weight is 392 g/mol. The molecule has 0 spiro atoms. The third-order valence-electron chi connectivity index (χ3n) is 2.47. The van der Waals surface area contributed by atoms with Crippen molar-refractivity contribution in [3.05, 3.63) is 5.57 Å². The van der Waals surface area contributed by atoms with Crippen molar-refractivity contribution >= 4 is 28.8 Å². The van der Waals surface area contributed by atoms with Crippen molar-refractivity contribution in [3.8, 4) is 6.07 Å². The van der Waals surface area contributed by atoms with Crippen LogP contribution < -0.4 is 0 Å². The standard InChI is InChI=1S/C11H15AsF6N2Si/c1-12(2)9(10(13,14)15,11(16,17)18)8(6-19)7-20-21(3,4)5/h1-5H3. The van der Waals surface area contributed by atoms with Crippen LogP contribution in [-0.4, -0.2) is 41.1 Å². The first-order chi connectivity index (χ1) is 9.11. The van der Waals surface area contributed by atoms with E-state index in [4.69, 9.17) is 5.26 Å². The summed E-state index contributed by atoms with van der Waals surface area (Å²) in [7, 11) is -2.34. The van der Waals surface area contributed by atoms with Crippen molar-refractivity contribution in [1.29, 1.82) is 5.26 Å². The second-order valence-electron chi connectivity index (χ2n) is 5.48. The van der Waals surface area contributed by atoms with Crippen LogP contribution in [0.5, 0.6) is 0 Å². The fourth-order valence-electron chi connectivity index (χ4n) is 1.59. The first kappa shape index (κ1) is 20.3. The molecule has 120 valence electrons. The van der Waals surface area contributed by atoms with Crippen LogP contribution in [0.15, 0.2) is 10.2 Å². The Morgan fingerprint density at radius 1 is 1.00 bits per heavy atom. The van der Waals surface area contributed by atoms with Crippen LogP contribution in [0.25, 0.3) is 0 Å². The van der Waals surface area contributed by atoms with E-state index in [1.165, 1.54) is 0 Å². The van der Waals surface area contributed by atoms with E-state index in [1.54, 1.807) is 25.5 Å². The molecule has 0 amide bonds. The fraction of sp³-hybridized carbons (Fsp3) is 0.727. The molecule has 0 aromatic rings. The molecule has 0 aliphatic rings. The molecule has 10 heteroatoms. The Morgan fingerprint density at radius 3 is 1.57 bits per heavy atom. The third kappa shape index (κ3) is 4.15. The van der Waals surface area contributed by atoms with Gasteiger partial charge in [0.15, 0.2) is 0 Å². The van der Waals surface area contributed by atoms with Gasteiger partial charge in [0.25, 0.3) is 0 Å². The van der Waals surface area contributed by atoms with Gasteiger partial charge < -0.3 is 0 Å². The number of nitriles is 1. The van der Waals surface area contributed by atoms with Gasteiger partial charge in [-0.15, -0.1) is 0 Å². The zero-order chi connectivity index (χ0) is 17.3. The SMILES string of the molecule is C[As](C)C(C(=C=N[Si](C)(C)C)C#N)(C(F)(F)F)C(F)(F)F. The zero-order valence-electron chi connectivity index (χ0n) is 12.1. The van der Waals surface area contributed by atoms with Crippen molar-refractivity contribution in [2.24, 2.45) is 4.66 Å². The van der Waals surface area contributed by atoms with Crippen molar-refractivity contribution in [2.75, 3.05) is 0 Å². The minimum atomic E-state index is -5.61. The quantitative estimate of drug-likeness (QED) is 0.300. The molecule has 21 heavy (non-hydrogen) atoms. The molecular weight excluding hydrogens is 377 g/mol. The Hall–Kier alpha value is -0.705. The summed E-state index contributed by atoms with van der Waals surface area (Å²) in [6.07, 6.45) is -11.2. The summed E-state index contributed by atoms with van der Waals surface area (Å²) in [6.45, 7) is 4.85. The van der Waals surface area contributed by atoms with Crippen LogP contribution >= 0.6 is 0 Å². The minimum absolute atomic E-state index is 0.918. The van der Waals surface area contributed by atoms with Gasteiger partial charge in [-0.05, 0) is 0 Å². The van der Waals surface area contributed by atoms with Gasteiger partial charge >= 0.3 is 124 Å². The van der Waals surface area contributed by atoms with Crippen LogP contribution in [0.1, 0.15) is 0 Å². The number of halogens is 6. The van der Waals surface area contributed by atoms with Crippen LogP contribution in [0.3, 0.4) is 0 Å². The summed E-state index contributed by atoms with van der Waals surface area (Å²) in [5.74, 6) is 1.78. The Morgan fingerprint density at radius 2 is 1.38 bits per heavy atom. The molecule has 0 N–H and O–H groups in total. The molecule has 0 heterocycles. The van der Waals surface area contributed by atoms with Gasteiger partial charge in [0, 0.05) is 0 Å². The van der Waals surface area contributed by atoms with Gasteiger partial charge in [-0.3, -0.25) is 0 Å². The van der Waals surface area contributed by atoms with Crippen molar-refractivity contribution in [2.45, 2.75) is 47.6 Å². The van der Waals surface area contributed by atoms with E-state index in [0.717, 1.165) is 17.5 Å². The summed E-state index contributed by atoms with van der Waals surface area (Å²) in [4.78, 5) is 0. The third-order valence-corrected chi connectivity index (χ3v) is 7.60. The Kier molecular flexibility index (Phi) is 5.98. The maximum atomic E-state index is 13.3. The molecule has 0 saturated heterocycles. The second kappa shape index (κ2) is 6.19. The molecule has 0 aromatic heterocycles. The van der Waals surface area contributed by atoms with Gasteiger partial charge in [0.05, 0.1) is 0 Å². The van der Waals surface area contributed by atoms with Crippen LogP contribution in [0.2, 0.25) is 35.3 Å². The van der Waals surface area contributed by atoms with E-state index >= 15 is 0 Å². The molecule has 0 aromatic carbocycles. The predicted octanol–water partition coefficient (Wildman–Crippen LogP) is 4.56. The monoisotopic (exact) mass is 392 g/mol. The number of nitrogens with zero attached hydrogens (tertiary/aromatic N) is 2. The summed E-state index contributed by atoms with van der Waals surface area (Å²) >= 11 is -3.53. The van der Waals surface area contributed by atoms with Gasteiger partial charge in [-0.2, -0.15) is 0 Å². The Bertz CT molecular complexity index is 475. The van der Waals surface area contributed by atoms with E-state index in [-0.39, 0.29) is 0 Å². The van der Waals surface area contributed by atoms with Gasteiger partial charge in [0.1, 0.15) is 0 Å². The number of hydrogen-bond donors (Lipinski definition) is 0. The summed E-state index contributed by atoms with van der Waals surface area (Å²) < 4.78 is 79.1. The molecular formula is C11H15AsF6N2Si. The van der Waals surface area contributed by atoms with Gasteiger partial charge in [0.2, 0.25) is 0 Å². The van der Waals surface area contributed by atoms with Crippen LogP contribution in [0, 0.1) is 11.3 Å². The summed E-state index contributed by atoms with van der Waals surface area (Å²) in [5, 5.41) is 8.86. The second-order valence-corrected chi connectivity index (χ2v) is 15.2. The molecule has 0 bridgehead atoms. The van der Waals surface area contributed by atoms with E-state index < -0.39 is 45.0 Å². The van der Waals surface area contributed by atoms with Crippen molar-refractivity contribution in [3.63, 3.8) is 0 Å². The summed E-state index contributed by atoms with van der Waals surface area (Å²) in [5.41, 5.74) is 0.359. The molecule has 0 aliphatic carbocycles. The normalized spacial score (nSPS) is 13.7. The maximum absolute atomic E-state index is 13.3. The zero-order valence-corrected chi connectivity index (χ0v) is 15.0. The fourth-order valence-corrected chi connectivity index (χ4v) is 5.31. The van der Waals surface area contributed by atoms with Crippen molar-refractivity contribution in [1.82, 2.24) is 0 Å².